The summed E-state index contributed by atoms with van der Waals surface area (Å²) >= 11 is 0. The van der Waals surface area contributed by atoms with Crippen LogP contribution in [0, 0.1) is 28.6 Å². The Labute approximate surface area is 169 Å². The van der Waals surface area contributed by atoms with E-state index in [0.717, 1.165) is 31.3 Å². The maximum absolute atomic E-state index is 13.2. The molecule has 0 aromatic carbocycles. The summed E-state index contributed by atoms with van der Waals surface area (Å²) in [5.41, 5.74) is 1.34. The summed E-state index contributed by atoms with van der Waals surface area (Å²) in [6.07, 6.45) is 6.40. The zero-order valence-corrected chi connectivity index (χ0v) is 18.3. The van der Waals surface area contributed by atoms with Crippen molar-refractivity contribution in [3.05, 3.63) is 11.6 Å². The predicted octanol–water partition coefficient (Wildman–Crippen LogP) is 4.49. The molecule has 0 aliphatic heterocycles. The van der Waals surface area contributed by atoms with E-state index in [1.807, 2.05) is 0 Å². The molecule has 2 aliphatic rings. The first kappa shape index (κ1) is 22.6. The fourth-order valence-corrected chi connectivity index (χ4v) is 5.21. The quantitative estimate of drug-likeness (QED) is 0.450. The largest absolute Gasteiger partial charge is 0.465 e. The van der Waals surface area contributed by atoms with E-state index < -0.39 is 23.8 Å². The van der Waals surface area contributed by atoms with E-state index in [2.05, 4.69) is 26.8 Å². The van der Waals surface area contributed by atoms with E-state index in [4.69, 9.17) is 9.47 Å². The molecule has 3 atom stereocenters. The van der Waals surface area contributed by atoms with Gasteiger partial charge >= 0.3 is 11.9 Å². The van der Waals surface area contributed by atoms with Crippen molar-refractivity contribution in [2.45, 2.75) is 73.6 Å². The summed E-state index contributed by atoms with van der Waals surface area (Å²) in [5.74, 6) is -2.35. The highest BCUT2D eigenvalue weighted by atomic mass is 16.6. The number of rotatable bonds is 8. The van der Waals surface area contributed by atoms with E-state index >= 15 is 0 Å². The molecule has 0 saturated heterocycles. The highest BCUT2D eigenvalue weighted by molar-refractivity contribution is 6.00. The molecule has 0 aromatic heterocycles. The highest BCUT2D eigenvalue weighted by Crippen LogP contribution is 2.57. The minimum absolute atomic E-state index is 0.0621. The van der Waals surface area contributed by atoms with Gasteiger partial charge < -0.3 is 9.47 Å². The van der Waals surface area contributed by atoms with Crippen LogP contribution in [0.5, 0.6) is 0 Å². The van der Waals surface area contributed by atoms with Crippen molar-refractivity contribution in [1.82, 2.24) is 0 Å². The molecule has 1 unspecified atom stereocenters. The fraction of sp³-hybridized carbons (Fsp3) is 0.783. The lowest BCUT2D eigenvalue weighted by atomic mass is 9.58. The first-order valence-electron chi connectivity index (χ1n) is 10.6. The number of carbonyl (C=O) groups excluding carboxylic acids is 3. The Bertz CT molecular complexity index is 629. The molecular formula is C23H36O5. The topological polar surface area (TPSA) is 69.7 Å². The number of ketones is 1. The van der Waals surface area contributed by atoms with Gasteiger partial charge in [0, 0.05) is 5.92 Å². The van der Waals surface area contributed by atoms with Gasteiger partial charge in [0.1, 0.15) is 0 Å². The van der Waals surface area contributed by atoms with Gasteiger partial charge in [-0.3, -0.25) is 14.4 Å². The monoisotopic (exact) mass is 392 g/mol. The Balaban J connectivity index is 2.10. The second-order valence-electron chi connectivity index (χ2n) is 9.51. The van der Waals surface area contributed by atoms with Gasteiger partial charge in [-0.05, 0) is 68.3 Å². The van der Waals surface area contributed by atoms with Crippen LogP contribution in [0.2, 0.25) is 0 Å². The number of hydrogen-bond acceptors (Lipinski definition) is 5. The Morgan fingerprint density at radius 2 is 1.68 bits per heavy atom. The average molecular weight is 393 g/mol. The van der Waals surface area contributed by atoms with E-state index in [1.54, 1.807) is 20.8 Å². The molecule has 0 radical (unpaired) electrons. The second kappa shape index (κ2) is 8.79. The third-order valence-corrected chi connectivity index (χ3v) is 6.46. The van der Waals surface area contributed by atoms with Gasteiger partial charge in [0.05, 0.1) is 13.2 Å². The van der Waals surface area contributed by atoms with Crippen molar-refractivity contribution < 1.29 is 23.9 Å². The number of carbonyl (C=O) groups is 3. The number of allylic oxidation sites excluding steroid dienone is 2. The third kappa shape index (κ3) is 4.84. The van der Waals surface area contributed by atoms with Crippen LogP contribution in [0.4, 0.5) is 0 Å². The lowest BCUT2D eigenvalue weighted by molar-refractivity contribution is -0.162. The van der Waals surface area contributed by atoms with E-state index in [-0.39, 0.29) is 36.8 Å². The Morgan fingerprint density at radius 1 is 1.11 bits per heavy atom. The van der Waals surface area contributed by atoms with E-state index in [9.17, 15) is 14.4 Å². The molecule has 0 heterocycles. The van der Waals surface area contributed by atoms with Crippen LogP contribution in [-0.2, 0) is 23.9 Å². The molecule has 0 aromatic rings. The maximum atomic E-state index is 13.2. The first-order valence-corrected chi connectivity index (χ1v) is 10.6. The lowest BCUT2D eigenvalue weighted by Crippen LogP contribution is -2.38. The zero-order chi connectivity index (χ0) is 21.1. The van der Waals surface area contributed by atoms with Crippen LogP contribution in [0.15, 0.2) is 11.6 Å². The van der Waals surface area contributed by atoms with Crippen molar-refractivity contribution in [2.24, 2.45) is 28.6 Å². The predicted molar refractivity (Wildman–Crippen MR) is 107 cm³/mol. The molecule has 0 bridgehead atoms. The first-order chi connectivity index (χ1) is 13.0. The van der Waals surface area contributed by atoms with Crippen molar-refractivity contribution in [3.63, 3.8) is 0 Å². The van der Waals surface area contributed by atoms with Gasteiger partial charge in [-0.15, -0.1) is 0 Å². The number of ether oxygens (including phenoxy) is 2. The van der Waals surface area contributed by atoms with Gasteiger partial charge in [-0.1, -0.05) is 33.8 Å². The molecule has 1 fully saturated rings. The van der Waals surface area contributed by atoms with Gasteiger partial charge in [0.15, 0.2) is 11.7 Å². The Morgan fingerprint density at radius 3 is 2.21 bits per heavy atom. The van der Waals surface area contributed by atoms with Gasteiger partial charge in [-0.2, -0.15) is 0 Å². The smallest absolute Gasteiger partial charge is 0.320 e. The van der Waals surface area contributed by atoms with Crippen LogP contribution in [-0.4, -0.2) is 30.9 Å². The van der Waals surface area contributed by atoms with Crippen molar-refractivity contribution in [3.8, 4) is 0 Å². The molecule has 2 rings (SSSR count). The molecule has 28 heavy (non-hydrogen) atoms. The van der Waals surface area contributed by atoms with Crippen molar-refractivity contribution >= 4 is 17.7 Å². The summed E-state index contributed by atoms with van der Waals surface area (Å²) in [5, 5.41) is 0. The number of esters is 2. The SMILES string of the molecule is CCOC(=O)C(CC(C)C(=O)C1=CC[C@@]2(C)CC(C)(C)CC[C@@H]12)C(=O)OCC. The Hall–Kier alpha value is -1.65. The van der Waals surface area contributed by atoms with Crippen LogP contribution in [0.25, 0.3) is 0 Å². The number of Topliss-reactive ketones (excluding diaryl/α,β-unsaturated/α-hetero) is 1. The minimum Gasteiger partial charge on any atom is -0.465 e. The number of hydrogen-bond donors (Lipinski definition) is 0. The molecular weight excluding hydrogens is 356 g/mol. The van der Waals surface area contributed by atoms with Crippen LogP contribution >= 0.6 is 0 Å². The Kier molecular flexibility index (Phi) is 7.11. The standard InChI is InChI=1S/C23H36O5/c1-7-27-20(25)17(21(26)28-8-2)13-15(3)19(24)16-9-12-23(6)14-22(4,5)11-10-18(16)23/h9,15,17-18H,7-8,10-14H2,1-6H3/t15?,18-,23-/m0/s1. The van der Waals surface area contributed by atoms with E-state index in [1.165, 1.54) is 0 Å². The van der Waals surface area contributed by atoms with Gasteiger partial charge in [-0.25, -0.2) is 0 Å². The fourth-order valence-electron chi connectivity index (χ4n) is 5.21. The maximum Gasteiger partial charge on any atom is 0.320 e. The summed E-state index contributed by atoms with van der Waals surface area (Å²) < 4.78 is 10.1. The summed E-state index contributed by atoms with van der Waals surface area (Å²) in [6, 6.07) is 0. The lowest BCUT2D eigenvalue weighted by Gasteiger charge is -2.46. The third-order valence-electron chi connectivity index (χ3n) is 6.46. The van der Waals surface area contributed by atoms with Crippen molar-refractivity contribution in [1.29, 1.82) is 0 Å². The molecule has 2 aliphatic carbocycles. The molecule has 0 spiro atoms. The molecule has 5 heteroatoms. The minimum atomic E-state index is -1.04. The number of fused-ring (bicyclic) bond motifs is 1. The molecule has 0 N–H and O–H groups in total. The molecule has 0 amide bonds. The van der Waals surface area contributed by atoms with Crippen molar-refractivity contribution in [2.75, 3.05) is 13.2 Å². The molecule has 158 valence electrons. The highest BCUT2D eigenvalue weighted by Gasteiger charge is 2.49. The summed E-state index contributed by atoms with van der Waals surface area (Å²) in [7, 11) is 0. The van der Waals surface area contributed by atoms with Gasteiger partial charge in [0.2, 0.25) is 0 Å². The summed E-state index contributed by atoms with van der Waals surface area (Å²) in [4.78, 5) is 37.7. The summed E-state index contributed by atoms with van der Waals surface area (Å²) in [6.45, 7) is 12.5. The van der Waals surface area contributed by atoms with Gasteiger partial charge in [0.25, 0.3) is 0 Å². The molecule has 5 nitrogen and oxygen atoms in total. The average Bonchev–Trinajstić information content (AvgIpc) is 2.93. The van der Waals surface area contributed by atoms with E-state index in [0.29, 0.717) is 5.41 Å². The molecule has 1 saturated carbocycles. The normalized spacial score (nSPS) is 27.0. The van der Waals surface area contributed by atoms with Crippen LogP contribution in [0.3, 0.4) is 0 Å². The van der Waals surface area contributed by atoms with Crippen LogP contribution in [0.1, 0.15) is 73.6 Å². The zero-order valence-electron chi connectivity index (χ0n) is 18.3. The second-order valence-corrected chi connectivity index (χ2v) is 9.51. The van der Waals surface area contributed by atoms with Crippen LogP contribution < -0.4 is 0 Å².